The molecule has 0 amide bonds. The van der Waals surface area contributed by atoms with Gasteiger partial charge in [-0.1, -0.05) is 6.92 Å². The second-order valence-electron chi connectivity index (χ2n) is 3.72. The van der Waals surface area contributed by atoms with Crippen molar-refractivity contribution < 1.29 is 4.21 Å². The normalized spacial score (nSPS) is 12.2. The van der Waals surface area contributed by atoms with E-state index in [1.165, 1.54) is 0 Å². The van der Waals surface area contributed by atoms with E-state index in [2.05, 4.69) is 20.6 Å². The maximum Gasteiger partial charge on any atom is 0.132 e. The molecule has 0 spiro atoms. The minimum Gasteiger partial charge on any atom is -0.373 e. The quantitative estimate of drug-likeness (QED) is 0.719. The summed E-state index contributed by atoms with van der Waals surface area (Å²) < 4.78 is 10.9. The Kier molecular flexibility index (Phi) is 5.90. The second kappa shape index (κ2) is 7.21. The van der Waals surface area contributed by atoms with Gasteiger partial charge in [-0.3, -0.25) is 4.21 Å². The Morgan fingerprint density at radius 3 is 2.65 bits per heavy atom. The van der Waals surface area contributed by atoms with Crippen molar-refractivity contribution in [2.45, 2.75) is 19.8 Å². The molecule has 0 aliphatic carbocycles. The lowest BCUT2D eigenvalue weighted by molar-refractivity contribution is 0.685. The molecule has 2 N–H and O–H groups in total. The minimum absolute atomic E-state index is 0.720. The van der Waals surface area contributed by atoms with Gasteiger partial charge < -0.3 is 10.6 Å². The molecule has 1 atom stereocenters. The first kappa shape index (κ1) is 13.9. The van der Waals surface area contributed by atoms with Crippen molar-refractivity contribution in [3.63, 3.8) is 0 Å². The number of rotatable bonds is 7. The van der Waals surface area contributed by atoms with Crippen molar-refractivity contribution in [1.29, 1.82) is 0 Å². The van der Waals surface area contributed by atoms with Gasteiger partial charge >= 0.3 is 0 Å². The van der Waals surface area contributed by atoms with E-state index in [1.54, 1.807) is 6.26 Å². The first-order valence-electron chi connectivity index (χ1n) is 5.75. The van der Waals surface area contributed by atoms with Crippen molar-refractivity contribution in [3.05, 3.63) is 11.9 Å². The highest BCUT2D eigenvalue weighted by atomic mass is 32.2. The molecule has 5 nitrogen and oxygen atoms in total. The molecule has 0 aliphatic rings. The molecule has 0 aliphatic heterocycles. The van der Waals surface area contributed by atoms with Crippen molar-refractivity contribution in [2.24, 2.45) is 0 Å². The van der Waals surface area contributed by atoms with Gasteiger partial charge in [0, 0.05) is 48.9 Å². The number of hydrogen-bond acceptors (Lipinski definition) is 5. The highest BCUT2D eigenvalue weighted by Crippen LogP contribution is 2.11. The fraction of sp³-hybridized carbons (Fsp3) is 0.636. The van der Waals surface area contributed by atoms with E-state index in [9.17, 15) is 4.21 Å². The third kappa shape index (κ3) is 5.12. The van der Waals surface area contributed by atoms with E-state index in [1.807, 2.05) is 20.0 Å². The predicted molar refractivity (Wildman–Crippen MR) is 73.0 cm³/mol. The van der Waals surface area contributed by atoms with Gasteiger partial charge in [-0.05, 0) is 6.42 Å². The van der Waals surface area contributed by atoms with Gasteiger partial charge in [0.2, 0.25) is 0 Å². The van der Waals surface area contributed by atoms with E-state index in [-0.39, 0.29) is 0 Å². The molecule has 0 aromatic carbocycles. The van der Waals surface area contributed by atoms with E-state index < -0.39 is 10.8 Å². The molecule has 1 aromatic heterocycles. The summed E-state index contributed by atoms with van der Waals surface area (Å²) in [5, 5.41) is 6.23. The zero-order valence-corrected chi connectivity index (χ0v) is 11.4. The summed E-state index contributed by atoms with van der Waals surface area (Å²) >= 11 is 0. The topological polar surface area (TPSA) is 66.9 Å². The lowest BCUT2D eigenvalue weighted by Crippen LogP contribution is -2.09. The van der Waals surface area contributed by atoms with Crippen LogP contribution in [0, 0.1) is 0 Å². The molecular formula is C11H20N4OS. The van der Waals surface area contributed by atoms with Crippen molar-refractivity contribution in [1.82, 2.24) is 9.97 Å². The van der Waals surface area contributed by atoms with Crippen LogP contribution in [0.5, 0.6) is 0 Å². The molecule has 0 bridgehead atoms. The number of anilines is 2. The summed E-state index contributed by atoms with van der Waals surface area (Å²) in [5.41, 5.74) is 0. The lowest BCUT2D eigenvalue weighted by atomic mass is 10.4. The first-order chi connectivity index (χ1) is 8.15. The molecule has 0 radical (unpaired) electrons. The molecule has 1 rings (SSSR count). The third-order valence-electron chi connectivity index (χ3n) is 2.26. The molecular weight excluding hydrogens is 236 g/mol. The van der Waals surface area contributed by atoms with E-state index in [0.717, 1.165) is 42.6 Å². The number of nitrogens with one attached hydrogen (secondary N) is 2. The maximum absolute atomic E-state index is 10.9. The largest absolute Gasteiger partial charge is 0.373 e. The number of nitrogens with zero attached hydrogens (tertiary/aromatic N) is 2. The monoisotopic (exact) mass is 256 g/mol. The van der Waals surface area contributed by atoms with Crippen molar-refractivity contribution in [3.8, 4) is 0 Å². The minimum atomic E-state index is -0.721. The van der Waals surface area contributed by atoms with Crippen molar-refractivity contribution in [2.75, 3.05) is 36.2 Å². The van der Waals surface area contributed by atoms with Crippen LogP contribution in [0.2, 0.25) is 0 Å². The maximum atomic E-state index is 10.9. The van der Waals surface area contributed by atoms with Crippen LogP contribution in [0.3, 0.4) is 0 Å². The molecule has 1 aromatic rings. The van der Waals surface area contributed by atoms with Gasteiger partial charge in [0.15, 0.2) is 0 Å². The first-order valence-corrected chi connectivity index (χ1v) is 7.48. The number of hydrogen-bond donors (Lipinski definition) is 2. The van der Waals surface area contributed by atoms with Crippen LogP contribution in [0.25, 0.3) is 0 Å². The van der Waals surface area contributed by atoms with Gasteiger partial charge in [-0.15, -0.1) is 0 Å². The summed E-state index contributed by atoms with van der Waals surface area (Å²) in [6, 6.07) is 1.88. The number of aryl methyl sites for hydroxylation is 1. The van der Waals surface area contributed by atoms with Crippen molar-refractivity contribution >= 4 is 22.4 Å². The Morgan fingerprint density at radius 1 is 1.35 bits per heavy atom. The van der Waals surface area contributed by atoms with Crippen LogP contribution in [-0.2, 0) is 17.2 Å². The van der Waals surface area contributed by atoms with E-state index in [0.29, 0.717) is 0 Å². The molecule has 0 fully saturated rings. The van der Waals surface area contributed by atoms with Crippen LogP contribution < -0.4 is 10.6 Å². The number of aromatic nitrogens is 2. The molecule has 0 saturated carbocycles. The summed E-state index contributed by atoms with van der Waals surface area (Å²) in [4.78, 5) is 8.69. The highest BCUT2D eigenvalue weighted by molar-refractivity contribution is 7.84. The molecule has 6 heteroatoms. The Morgan fingerprint density at radius 2 is 2.06 bits per heavy atom. The van der Waals surface area contributed by atoms with E-state index >= 15 is 0 Å². The Bertz CT molecular complexity index is 361. The summed E-state index contributed by atoms with van der Waals surface area (Å²) in [6.45, 7) is 2.81. The van der Waals surface area contributed by atoms with Crippen LogP contribution in [0.1, 0.15) is 19.2 Å². The van der Waals surface area contributed by atoms with Gasteiger partial charge in [0.1, 0.15) is 17.5 Å². The van der Waals surface area contributed by atoms with Gasteiger partial charge in [0.25, 0.3) is 0 Å². The summed E-state index contributed by atoms with van der Waals surface area (Å²) in [7, 11) is 1.12. The second-order valence-corrected chi connectivity index (χ2v) is 5.27. The zero-order chi connectivity index (χ0) is 12.7. The Labute approximate surface area is 105 Å². The third-order valence-corrected chi connectivity index (χ3v) is 3.12. The summed E-state index contributed by atoms with van der Waals surface area (Å²) in [5.74, 6) is 3.18. The van der Waals surface area contributed by atoms with Gasteiger partial charge in [-0.25, -0.2) is 9.97 Å². The van der Waals surface area contributed by atoms with Gasteiger partial charge in [0.05, 0.1) is 0 Å². The molecule has 1 heterocycles. The zero-order valence-electron chi connectivity index (χ0n) is 10.6. The molecule has 96 valence electrons. The van der Waals surface area contributed by atoms with Crippen LogP contribution in [0.15, 0.2) is 6.07 Å². The average Bonchev–Trinajstić information content (AvgIpc) is 2.34. The molecule has 1 unspecified atom stereocenters. The average molecular weight is 256 g/mol. The SMILES string of the molecule is CCc1nc(NC)cc(NCCCS(C)=O)n1. The smallest absolute Gasteiger partial charge is 0.132 e. The fourth-order valence-corrected chi connectivity index (χ4v) is 1.92. The van der Waals surface area contributed by atoms with Gasteiger partial charge in [-0.2, -0.15) is 0 Å². The Balaban J connectivity index is 2.54. The molecule has 0 saturated heterocycles. The molecule has 17 heavy (non-hydrogen) atoms. The summed E-state index contributed by atoms with van der Waals surface area (Å²) in [6.07, 6.45) is 3.41. The van der Waals surface area contributed by atoms with E-state index in [4.69, 9.17) is 0 Å². The standard InChI is InChI=1S/C11H20N4OS/c1-4-9-14-10(12-2)8-11(15-9)13-6-5-7-17(3)16/h8H,4-7H2,1-3H3,(H2,12,13,14,15). The predicted octanol–water partition coefficient (Wildman–Crippen LogP) is 1.26. The van der Waals surface area contributed by atoms with Crippen LogP contribution >= 0.6 is 0 Å². The Hall–Kier alpha value is -1.17. The van der Waals surface area contributed by atoms with Crippen LogP contribution in [0.4, 0.5) is 11.6 Å². The lowest BCUT2D eigenvalue weighted by Gasteiger charge is -2.08. The highest BCUT2D eigenvalue weighted by Gasteiger charge is 2.01. The fourth-order valence-electron chi connectivity index (χ4n) is 1.37. The van der Waals surface area contributed by atoms with Crippen LogP contribution in [-0.4, -0.2) is 39.8 Å².